The van der Waals surface area contributed by atoms with Gasteiger partial charge in [-0.15, -0.1) is 0 Å². The van der Waals surface area contributed by atoms with Crippen LogP contribution in [0, 0.1) is 0 Å². The Morgan fingerprint density at radius 1 is 0.700 bits per heavy atom. The highest BCUT2D eigenvalue weighted by Crippen LogP contribution is 2.32. The van der Waals surface area contributed by atoms with Gasteiger partial charge in [0.05, 0.1) is 0 Å². The number of hydrogen-bond acceptors (Lipinski definition) is 3. The zero-order chi connectivity index (χ0) is 20.6. The minimum Gasteiger partial charge on any atom is -0.473 e. The molecule has 0 bridgehead atoms. The summed E-state index contributed by atoms with van der Waals surface area (Å²) in [6.45, 7) is 4.75. The van der Waals surface area contributed by atoms with Gasteiger partial charge in [-0.1, -0.05) is 91.5 Å². The van der Waals surface area contributed by atoms with E-state index in [0.717, 1.165) is 27.8 Å². The van der Waals surface area contributed by atoms with Crippen molar-refractivity contribution >= 4 is 6.08 Å². The smallest absolute Gasteiger partial charge is 0.225 e. The van der Waals surface area contributed by atoms with E-state index in [1.165, 1.54) is 0 Å². The molecule has 4 aromatic rings. The third-order valence-electron chi connectivity index (χ3n) is 4.72. The maximum Gasteiger partial charge on any atom is 0.225 e. The largest absolute Gasteiger partial charge is 0.473 e. The molecule has 3 heteroatoms. The lowest BCUT2D eigenvalue weighted by molar-refractivity contribution is 0.268. The normalized spacial score (nSPS) is 10.4. The summed E-state index contributed by atoms with van der Waals surface area (Å²) in [6, 6.07) is 32.1. The zero-order valence-electron chi connectivity index (χ0n) is 16.7. The van der Waals surface area contributed by atoms with Gasteiger partial charge in [0.15, 0.2) is 0 Å². The van der Waals surface area contributed by atoms with Gasteiger partial charge >= 0.3 is 0 Å². The predicted octanol–water partition coefficient (Wildman–Crippen LogP) is 6.55. The fourth-order valence-electron chi connectivity index (χ4n) is 3.12. The molecule has 1 heterocycles. The molecule has 3 nitrogen and oxygen atoms in total. The highest BCUT2D eigenvalue weighted by Gasteiger charge is 2.11. The van der Waals surface area contributed by atoms with Gasteiger partial charge in [0.25, 0.3) is 0 Å². The molecule has 0 saturated heterocycles. The lowest BCUT2D eigenvalue weighted by Gasteiger charge is -2.14. The molecule has 0 saturated carbocycles. The minimum atomic E-state index is 0.435. The van der Waals surface area contributed by atoms with Crippen molar-refractivity contribution in [2.45, 2.75) is 13.2 Å². The van der Waals surface area contributed by atoms with Gasteiger partial charge in [0.2, 0.25) is 11.8 Å². The van der Waals surface area contributed by atoms with Crippen LogP contribution in [0.25, 0.3) is 17.2 Å². The molecule has 0 unspecified atom stereocenters. The Morgan fingerprint density at radius 3 is 2.03 bits per heavy atom. The van der Waals surface area contributed by atoms with Crippen LogP contribution >= 0.6 is 0 Å². The Balaban J connectivity index is 1.61. The molecule has 0 aliphatic rings. The van der Waals surface area contributed by atoms with Crippen molar-refractivity contribution in [3.8, 4) is 22.9 Å². The van der Waals surface area contributed by atoms with E-state index in [1.807, 2.05) is 97.1 Å². The third-order valence-corrected chi connectivity index (χ3v) is 4.72. The monoisotopic (exact) mass is 393 g/mol. The van der Waals surface area contributed by atoms with Gasteiger partial charge in [0, 0.05) is 11.6 Å². The summed E-state index contributed by atoms with van der Waals surface area (Å²) < 4.78 is 12.0. The highest BCUT2D eigenvalue weighted by molar-refractivity contribution is 5.71. The Hall–Kier alpha value is -3.85. The fraction of sp³-hybridized carbons (Fsp3) is 0.0741. The topological polar surface area (TPSA) is 31.4 Å². The van der Waals surface area contributed by atoms with Crippen molar-refractivity contribution in [3.63, 3.8) is 0 Å². The summed E-state index contributed by atoms with van der Waals surface area (Å²) in [6.07, 6.45) is 1.83. The molecular weight excluding hydrogens is 370 g/mol. The van der Waals surface area contributed by atoms with Crippen molar-refractivity contribution in [2.24, 2.45) is 0 Å². The second-order valence-corrected chi connectivity index (χ2v) is 6.88. The predicted molar refractivity (Wildman–Crippen MR) is 121 cm³/mol. The van der Waals surface area contributed by atoms with E-state index in [2.05, 4.69) is 17.6 Å². The zero-order valence-corrected chi connectivity index (χ0v) is 16.7. The van der Waals surface area contributed by atoms with Crippen molar-refractivity contribution in [3.05, 3.63) is 120 Å². The summed E-state index contributed by atoms with van der Waals surface area (Å²) in [5.41, 5.74) is 5.17. The van der Waals surface area contributed by atoms with Gasteiger partial charge in [0.1, 0.15) is 13.2 Å². The van der Waals surface area contributed by atoms with Gasteiger partial charge in [-0.3, -0.25) is 0 Å². The molecule has 30 heavy (non-hydrogen) atoms. The second-order valence-electron chi connectivity index (χ2n) is 6.88. The second kappa shape index (κ2) is 9.57. The summed E-state index contributed by atoms with van der Waals surface area (Å²) in [5.74, 6) is 1.08. The van der Waals surface area contributed by atoms with Crippen molar-refractivity contribution in [1.82, 2.24) is 4.98 Å². The maximum absolute atomic E-state index is 6.13. The van der Waals surface area contributed by atoms with Gasteiger partial charge in [-0.25, -0.2) is 0 Å². The first-order chi connectivity index (χ1) is 14.8. The molecule has 1 aromatic heterocycles. The molecule has 0 N–H and O–H groups in total. The van der Waals surface area contributed by atoms with Crippen LogP contribution < -0.4 is 9.47 Å². The molecule has 3 aromatic carbocycles. The molecule has 0 amide bonds. The average Bonchev–Trinajstić information content (AvgIpc) is 2.83. The van der Waals surface area contributed by atoms with Crippen LogP contribution in [-0.2, 0) is 13.2 Å². The Bertz CT molecular complexity index is 1110. The summed E-state index contributed by atoms with van der Waals surface area (Å²) in [7, 11) is 0. The third kappa shape index (κ3) is 4.95. The number of pyridine rings is 1. The molecule has 0 radical (unpaired) electrons. The maximum atomic E-state index is 6.13. The van der Waals surface area contributed by atoms with E-state index in [0.29, 0.717) is 25.0 Å². The molecule has 148 valence electrons. The molecule has 0 atom stereocenters. The SMILES string of the molecule is C=Cc1cccc(-c2ccc(OCc3ccccc3)nc2OCc2ccccc2)c1. The first kappa shape index (κ1) is 19.5. The van der Waals surface area contributed by atoms with E-state index in [9.17, 15) is 0 Å². The molecule has 0 spiro atoms. The van der Waals surface area contributed by atoms with Gasteiger partial charge < -0.3 is 9.47 Å². The van der Waals surface area contributed by atoms with Gasteiger partial charge in [-0.05, 0) is 34.4 Å². The van der Waals surface area contributed by atoms with Crippen LogP contribution in [0.2, 0.25) is 0 Å². The van der Waals surface area contributed by atoms with E-state index in [-0.39, 0.29) is 0 Å². The lowest BCUT2D eigenvalue weighted by Crippen LogP contribution is -2.02. The number of ether oxygens (including phenoxy) is 2. The van der Waals surface area contributed by atoms with E-state index < -0.39 is 0 Å². The quantitative estimate of drug-likeness (QED) is 0.340. The molecule has 0 aliphatic heterocycles. The van der Waals surface area contributed by atoms with E-state index in [4.69, 9.17) is 9.47 Å². The minimum absolute atomic E-state index is 0.435. The van der Waals surface area contributed by atoms with Crippen LogP contribution in [-0.4, -0.2) is 4.98 Å². The first-order valence-electron chi connectivity index (χ1n) is 9.89. The summed E-state index contributed by atoms with van der Waals surface area (Å²) in [5, 5.41) is 0. The van der Waals surface area contributed by atoms with Gasteiger partial charge in [-0.2, -0.15) is 4.98 Å². The van der Waals surface area contributed by atoms with Crippen molar-refractivity contribution < 1.29 is 9.47 Å². The molecular formula is C27H23NO2. The van der Waals surface area contributed by atoms with Crippen molar-refractivity contribution in [2.75, 3.05) is 0 Å². The number of nitrogens with zero attached hydrogens (tertiary/aromatic N) is 1. The fourth-order valence-corrected chi connectivity index (χ4v) is 3.12. The lowest BCUT2D eigenvalue weighted by atomic mass is 10.0. The van der Waals surface area contributed by atoms with Crippen LogP contribution in [0.15, 0.2) is 104 Å². The average molecular weight is 393 g/mol. The summed E-state index contributed by atoms with van der Waals surface area (Å²) >= 11 is 0. The number of benzene rings is 3. The number of aromatic nitrogens is 1. The first-order valence-corrected chi connectivity index (χ1v) is 9.89. The van der Waals surface area contributed by atoms with E-state index >= 15 is 0 Å². The molecule has 0 fully saturated rings. The summed E-state index contributed by atoms with van der Waals surface area (Å²) in [4.78, 5) is 4.66. The highest BCUT2D eigenvalue weighted by atomic mass is 16.5. The Morgan fingerprint density at radius 2 is 1.37 bits per heavy atom. The number of hydrogen-bond donors (Lipinski definition) is 0. The van der Waals surface area contributed by atoms with Crippen LogP contribution in [0.3, 0.4) is 0 Å². The van der Waals surface area contributed by atoms with Crippen LogP contribution in [0.4, 0.5) is 0 Å². The van der Waals surface area contributed by atoms with Crippen molar-refractivity contribution in [1.29, 1.82) is 0 Å². The molecule has 0 aliphatic carbocycles. The van der Waals surface area contributed by atoms with E-state index in [1.54, 1.807) is 0 Å². The standard InChI is InChI=1S/C27H23NO2/c1-2-21-14-9-15-24(18-21)25-16-17-26(29-19-22-10-5-3-6-11-22)28-27(25)30-20-23-12-7-4-8-13-23/h2-18H,1,19-20H2. The molecule has 4 rings (SSSR count). The van der Waals surface area contributed by atoms with Crippen LogP contribution in [0.1, 0.15) is 16.7 Å². The number of rotatable bonds is 8. The van der Waals surface area contributed by atoms with Crippen LogP contribution in [0.5, 0.6) is 11.8 Å². The Labute approximate surface area is 177 Å². The Kier molecular flexibility index (Phi) is 6.21.